The molecule has 0 aromatic rings. The molecule has 0 aromatic heterocycles. The first-order valence-corrected chi connectivity index (χ1v) is 2.85. The summed E-state index contributed by atoms with van der Waals surface area (Å²) >= 11 is 0. The van der Waals surface area contributed by atoms with Crippen molar-refractivity contribution in [3.8, 4) is 0 Å². The average Bonchev–Trinajstić information content (AvgIpc) is 1.86. The highest BCUT2D eigenvalue weighted by atomic mass is 16.6. The van der Waals surface area contributed by atoms with Crippen LogP contribution in [0.1, 0.15) is 13.8 Å². The van der Waals surface area contributed by atoms with Crippen molar-refractivity contribution < 1.29 is 20.2 Å². The molecule has 0 rings (SSSR count). The number of hydrogen-bond acceptors (Lipinski definition) is 4. The van der Waals surface area contributed by atoms with Crippen molar-refractivity contribution in [2.75, 3.05) is 6.54 Å². The zero-order valence-corrected chi connectivity index (χ0v) is 5.90. The molecule has 0 unspecified atom stereocenters. The maximum atomic E-state index is 10.2. The number of carbonyl (C=O) groups is 1. The molecule has 10 heavy (non-hydrogen) atoms. The van der Waals surface area contributed by atoms with E-state index in [-0.39, 0.29) is 6.54 Å². The van der Waals surface area contributed by atoms with Crippen LogP contribution in [0.15, 0.2) is 0 Å². The molecule has 0 bridgehead atoms. The monoisotopic (exact) mass is 149 g/mol. The standard InChI is InChI=1S/C5H11NO4/c1-3-6(10)5(2,9)4(7)8/h9-10H,3H2,1-2H3,(H,7,8)/t5-/m1/s1. The van der Waals surface area contributed by atoms with E-state index < -0.39 is 11.7 Å². The number of carboxylic acids is 1. The molecule has 0 aromatic carbocycles. The highest BCUT2D eigenvalue weighted by Gasteiger charge is 2.35. The number of hydrogen-bond donors (Lipinski definition) is 3. The summed E-state index contributed by atoms with van der Waals surface area (Å²) in [7, 11) is 0. The van der Waals surface area contributed by atoms with Gasteiger partial charge in [0.25, 0.3) is 0 Å². The van der Waals surface area contributed by atoms with Crippen molar-refractivity contribution in [2.45, 2.75) is 19.6 Å². The number of carboxylic acid groups (broad SMARTS) is 1. The van der Waals surface area contributed by atoms with Gasteiger partial charge in [0.15, 0.2) is 0 Å². The summed E-state index contributed by atoms with van der Waals surface area (Å²) < 4.78 is 0. The van der Waals surface area contributed by atoms with Crippen molar-refractivity contribution in [3.63, 3.8) is 0 Å². The molecule has 0 fully saturated rings. The van der Waals surface area contributed by atoms with E-state index in [0.29, 0.717) is 5.06 Å². The van der Waals surface area contributed by atoms with Gasteiger partial charge in [0.1, 0.15) is 0 Å². The van der Waals surface area contributed by atoms with E-state index in [0.717, 1.165) is 6.92 Å². The maximum absolute atomic E-state index is 10.2. The summed E-state index contributed by atoms with van der Waals surface area (Å²) in [5.41, 5.74) is -2.19. The normalized spacial score (nSPS) is 16.9. The van der Waals surface area contributed by atoms with Gasteiger partial charge < -0.3 is 15.4 Å². The molecule has 60 valence electrons. The van der Waals surface area contributed by atoms with Gasteiger partial charge in [-0.2, -0.15) is 5.06 Å². The van der Waals surface area contributed by atoms with E-state index in [1.807, 2.05) is 0 Å². The number of aliphatic hydroxyl groups is 1. The number of aliphatic carboxylic acids is 1. The fourth-order valence-electron chi connectivity index (χ4n) is 0.418. The Morgan fingerprint density at radius 1 is 1.70 bits per heavy atom. The highest BCUT2D eigenvalue weighted by Crippen LogP contribution is 2.06. The Kier molecular flexibility index (Phi) is 2.77. The van der Waals surface area contributed by atoms with Gasteiger partial charge in [0.05, 0.1) is 0 Å². The van der Waals surface area contributed by atoms with Crippen molar-refractivity contribution in [1.29, 1.82) is 0 Å². The fraction of sp³-hybridized carbons (Fsp3) is 0.800. The highest BCUT2D eigenvalue weighted by molar-refractivity contribution is 5.75. The minimum absolute atomic E-state index is 0.0549. The fourth-order valence-corrected chi connectivity index (χ4v) is 0.418. The topological polar surface area (TPSA) is 81.0 Å². The minimum Gasteiger partial charge on any atom is -0.478 e. The second-order valence-electron chi connectivity index (χ2n) is 2.04. The van der Waals surface area contributed by atoms with Crippen LogP contribution in [0.2, 0.25) is 0 Å². The zero-order valence-electron chi connectivity index (χ0n) is 5.90. The third-order valence-corrected chi connectivity index (χ3v) is 1.21. The van der Waals surface area contributed by atoms with Crippen LogP contribution in [0.3, 0.4) is 0 Å². The van der Waals surface area contributed by atoms with E-state index in [1.165, 1.54) is 6.92 Å². The van der Waals surface area contributed by atoms with Gasteiger partial charge in [-0.3, -0.25) is 0 Å². The largest absolute Gasteiger partial charge is 0.478 e. The van der Waals surface area contributed by atoms with Crippen LogP contribution < -0.4 is 0 Å². The van der Waals surface area contributed by atoms with E-state index in [4.69, 9.17) is 15.4 Å². The number of hydroxylamine groups is 2. The maximum Gasteiger partial charge on any atom is 0.353 e. The Morgan fingerprint density at radius 2 is 2.10 bits per heavy atom. The summed E-state index contributed by atoms with van der Waals surface area (Å²) in [6.07, 6.45) is 0. The van der Waals surface area contributed by atoms with Gasteiger partial charge in [-0.1, -0.05) is 0 Å². The molecule has 0 saturated heterocycles. The summed E-state index contributed by atoms with van der Waals surface area (Å²) in [5.74, 6) is -1.48. The molecular formula is C5H11NO4. The third-order valence-electron chi connectivity index (χ3n) is 1.21. The van der Waals surface area contributed by atoms with Crippen LogP contribution in [0.5, 0.6) is 0 Å². The second kappa shape index (κ2) is 2.96. The van der Waals surface area contributed by atoms with Gasteiger partial charge in [0.2, 0.25) is 5.72 Å². The lowest BCUT2D eigenvalue weighted by molar-refractivity contribution is -0.253. The molecule has 1 atom stereocenters. The van der Waals surface area contributed by atoms with Crippen molar-refractivity contribution in [3.05, 3.63) is 0 Å². The zero-order chi connectivity index (χ0) is 8.36. The molecule has 0 spiro atoms. The smallest absolute Gasteiger partial charge is 0.353 e. The lowest BCUT2D eigenvalue weighted by Crippen LogP contribution is -2.50. The Hall–Kier alpha value is -0.650. The van der Waals surface area contributed by atoms with Gasteiger partial charge in [-0.25, -0.2) is 4.79 Å². The molecule has 0 aliphatic rings. The SMILES string of the molecule is CCN(O)[C@](C)(O)C(=O)O. The van der Waals surface area contributed by atoms with E-state index in [2.05, 4.69) is 0 Å². The van der Waals surface area contributed by atoms with E-state index >= 15 is 0 Å². The van der Waals surface area contributed by atoms with Gasteiger partial charge in [0, 0.05) is 6.54 Å². The molecule has 3 N–H and O–H groups in total. The molecule has 0 radical (unpaired) electrons. The second-order valence-corrected chi connectivity index (χ2v) is 2.04. The number of rotatable bonds is 3. The lowest BCUT2D eigenvalue weighted by Gasteiger charge is -2.25. The van der Waals surface area contributed by atoms with Crippen LogP contribution >= 0.6 is 0 Å². The minimum atomic E-state index is -2.19. The number of likely N-dealkylation sites (N-methyl/N-ethyl adjacent to an activating group) is 1. The molecule has 5 nitrogen and oxygen atoms in total. The van der Waals surface area contributed by atoms with Crippen LogP contribution in [0.4, 0.5) is 0 Å². The van der Waals surface area contributed by atoms with Crippen molar-refractivity contribution >= 4 is 5.97 Å². The van der Waals surface area contributed by atoms with Crippen LogP contribution in [-0.4, -0.2) is 38.7 Å². The predicted octanol–water partition coefficient (Wildman–Crippen LogP) is -0.509. The van der Waals surface area contributed by atoms with Gasteiger partial charge in [-0.05, 0) is 13.8 Å². The molecule has 0 saturated carbocycles. The first-order valence-electron chi connectivity index (χ1n) is 2.85. The summed E-state index contributed by atoms with van der Waals surface area (Å²) in [6, 6.07) is 0. The predicted molar refractivity (Wildman–Crippen MR) is 32.4 cm³/mol. The molecular weight excluding hydrogens is 138 g/mol. The lowest BCUT2D eigenvalue weighted by atomic mass is 10.2. The van der Waals surface area contributed by atoms with Gasteiger partial charge in [-0.15, -0.1) is 0 Å². The van der Waals surface area contributed by atoms with Gasteiger partial charge >= 0.3 is 5.97 Å². The molecule has 0 aliphatic carbocycles. The summed E-state index contributed by atoms with van der Waals surface area (Å²) in [6.45, 7) is 2.58. The Bertz CT molecular complexity index is 134. The number of nitrogens with zero attached hydrogens (tertiary/aromatic N) is 1. The first kappa shape index (κ1) is 9.35. The van der Waals surface area contributed by atoms with Crippen LogP contribution in [0, 0.1) is 0 Å². The van der Waals surface area contributed by atoms with E-state index in [1.54, 1.807) is 0 Å². The molecule has 0 aliphatic heterocycles. The quantitative estimate of drug-likeness (QED) is 0.372. The average molecular weight is 149 g/mol. The summed E-state index contributed by atoms with van der Waals surface area (Å²) in [4.78, 5) is 10.2. The summed E-state index contributed by atoms with van der Waals surface area (Å²) in [5, 5.41) is 26.3. The van der Waals surface area contributed by atoms with E-state index in [9.17, 15) is 4.79 Å². The Morgan fingerprint density at radius 3 is 2.20 bits per heavy atom. The Balaban J connectivity index is 4.23. The van der Waals surface area contributed by atoms with Crippen molar-refractivity contribution in [2.24, 2.45) is 0 Å². The first-order chi connectivity index (χ1) is 4.42. The Labute approximate surface area is 58.5 Å². The third kappa shape index (κ3) is 1.66. The molecule has 5 heteroatoms. The molecule has 0 amide bonds. The molecule has 0 heterocycles. The van der Waals surface area contributed by atoms with Crippen LogP contribution in [-0.2, 0) is 4.79 Å². The van der Waals surface area contributed by atoms with Crippen LogP contribution in [0.25, 0.3) is 0 Å². The van der Waals surface area contributed by atoms with Crippen molar-refractivity contribution in [1.82, 2.24) is 5.06 Å².